The van der Waals surface area contributed by atoms with E-state index in [0.29, 0.717) is 31.1 Å². The molecule has 0 spiro atoms. The summed E-state index contributed by atoms with van der Waals surface area (Å²) in [6, 6.07) is 8.40. The molecule has 0 aliphatic carbocycles. The molecule has 3 aromatic rings. The molecule has 3 heterocycles. The third-order valence-electron chi connectivity index (χ3n) is 5.02. The molecule has 0 fully saturated rings. The lowest BCUT2D eigenvalue weighted by atomic mass is 10.1. The number of ether oxygens (including phenoxy) is 2. The highest BCUT2D eigenvalue weighted by atomic mass is 19.1. The van der Waals surface area contributed by atoms with Gasteiger partial charge in [-0.1, -0.05) is 0 Å². The Bertz CT molecular complexity index is 1120. The van der Waals surface area contributed by atoms with E-state index in [2.05, 4.69) is 10.3 Å². The molecule has 0 saturated heterocycles. The van der Waals surface area contributed by atoms with Gasteiger partial charge in [-0.3, -0.25) is 9.67 Å². The lowest BCUT2D eigenvalue weighted by Crippen LogP contribution is -2.41. The Kier molecular flexibility index (Phi) is 5.73. The Morgan fingerprint density at radius 2 is 1.91 bits per heavy atom. The minimum absolute atomic E-state index is 0.169. The number of amides is 1. The fourth-order valence-electron chi connectivity index (χ4n) is 3.59. The van der Waals surface area contributed by atoms with E-state index in [9.17, 15) is 9.18 Å². The van der Waals surface area contributed by atoms with Crippen molar-refractivity contribution in [2.24, 2.45) is 0 Å². The molecule has 0 atom stereocenters. The molecule has 2 aromatic heterocycles. The number of methoxy groups -OCH3 is 1. The minimum atomic E-state index is -0.576. The summed E-state index contributed by atoms with van der Waals surface area (Å²) in [6.45, 7) is 6.88. The van der Waals surface area contributed by atoms with Gasteiger partial charge < -0.3 is 19.7 Å². The molecule has 0 saturated carbocycles. The number of halogens is 1. The maximum Gasteiger partial charge on any atom is 0.410 e. The number of nitrogens with one attached hydrogen (secondary N) is 1. The Hall–Kier alpha value is -3.62. The van der Waals surface area contributed by atoms with Crippen LogP contribution in [-0.4, -0.2) is 45.0 Å². The molecule has 4 rings (SSSR count). The molecule has 168 valence electrons. The van der Waals surface area contributed by atoms with E-state index >= 15 is 0 Å². The zero-order valence-electron chi connectivity index (χ0n) is 18.6. The van der Waals surface area contributed by atoms with Gasteiger partial charge in [-0.2, -0.15) is 5.10 Å². The van der Waals surface area contributed by atoms with Crippen molar-refractivity contribution >= 4 is 17.6 Å². The van der Waals surface area contributed by atoms with Gasteiger partial charge >= 0.3 is 6.09 Å². The molecule has 1 aromatic carbocycles. The summed E-state index contributed by atoms with van der Waals surface area (Å²) in [7, 11) is 1.42. The second-order valence-electron chi connectivity index (χ2n) is 8.51. The SMILES string of the molecule is COc1ccc(Nc2nn3c(c2-c2ccncc2)CN(C(=O)OC(C)(C)C)CC3)cc1F. The molecule has 0 bridgehead atoms. The third kappa shape index (κ3) is 4.51. The molecular weight excluding hydrogens is 413 g/mol. The van der Waals surface area contributed by atoms with Gasteiger partial charge in [-0.15, -0.1) is 0 Å². The highest BCUT2D eigenvalue weighted by Crippen LogP contribution is 2.36. The molecular formula is C23H26FN5O3. The first kappa shape index (κ1) is 21.6. The number of nitrogens with zero attached hydrogens (tertiary/aromatic N) is 4. The predicted molar refractivity (Wildman–Crippen MR) is 118 cm³/mol. The third-order valence-corrected chi connectivity index (χ3v) is 5.02. The van der Waals surface area contributed by atoms with Gasteiger partial charge in [0, 0.05) is 36.3 Å². The van der Waals surface area contributed by atoms with Crippen molar-refractivity contribution in [3.63, 3.8) is 0 Å². The molecule has 0 radical (unpaired) electrons. The summed E-state index contributed by atoms with van der Waals surface area (Å²) in [5.41, 5.74) is 2.55. The number of pyridine rings is 1. The van der Waals surface area contributed by atoms with Crippen LogP contribution in [0.1, 0.15) is 26.5 Å². The lowest BCUT2D eigenvalue weighted by Gasteiger charge is -2.30. The van der Waals surface area contributed by atoms with Gasteiger partial charge in [-0.25, -0.2) is 9.18 Å². The van der Waals surface area contributed by atoms with Crippen LogP contribution in [0.2, 0.25) is 0 Å². The smallest absolute Gasteiger partial charge is 0.410 e. The lowest BCUT2D eigenvalue weighted by molar-refractivity contribution is 0.0195. The predicted octanol–water partition coefficient (Wildman–Crippen LogP) is 4.59. The van der Waals surface area contributed by atoms with Crippen molar-refractivity contribution in [1.82, 2.24) is 19.7 Å². The number of carbonyl (C=O) groups is 1. The van der Waals surface area contributed by atoms with E-state index in [0.717, 1.165) is 16.8 Å². The average Bonchev–Trinajstić information content (AvgIpc) is 3.10. The van der Waals surface area contributed by atoms with Crippen molar-refractivity contribution in [3.8, 4) is 16.9 Å². The molecule has 9 heteroatoms. The van der Waals surface area contributed by atoms with E-state index in [-0.39, 0.29) is 11.8 Å². The van der Waals surface area contributed by atoms with Gasteiger partial charge in [0.2, 0.25) is 0 Å². The number of carbonyl (C=O) groups excluding carboxylic acids is 1. The van der Waals surface area contributed by atoms with Crippen molar-refractivity contribution in [1.29, 1.82) is 0 Å². The van der Waals surface area contributed by atoms with Crippen molar-refractivity contribution < 1.29 is 18.7 Å². The fraction of sp³-hybridized carbons (Fsp3) is 0.348. The molecule has 32 heavy (non-hydrogen) atoms. The Morgan fingerprint density at radius 1 is 1.16 bits per heavy atom. The molecule has 1 aliphatic rings. The van der Waals surface area contributed by atoms with E-state index in [1.807, 2.05) is 37.6 Å². The quantitative estimate of drug-likeness (QED) is 0.641. The zero-order chi connectivity index (χ0) is 22.9. The first-order valence-corrected chi connectivity index (χ1v) is 10.3. The summed E-state index contributed by atoms with van der Waals surface area (Å²) in [4.78, 5) is 18.4. The standard InChI is InChI=1S/C23H26FN5O3/c1-23(2,3)32-22(30)28-11-12-29-18(14-28)20(15-7-9-25-10-8-15)21(27-29)26-16-5-6-19(31-4)17(24)13-16/h5-10,13H,11-12,14H2,1-4H3,(H,26,27). The maximum atomic E-state index is 14.2. The van der Waals surface area contributed by atoms with E-state index < -0.39 is 11.4 Å². The van der Waals surface area contributed by atoms with Crippen LogP contribution >= 0.6 is 0 Å². The number of aromatic nitrogens is 3. The topological polar surface area (TPSA) is 81.5 Å². The number of anilines is 2. The summed E-state index contributed by atoms with van der Waals surface area (Å²) >= 11 is 0. The zero-order valence-corrected chi connectivity index (χ0v) is 18.6. The van der Waals surface area contributed by atoms with Gasteiger partial charge in [0.1, 0.15) is 5.60 Å². The van der Waals surface area contributed by atoms with E-state index in [4.69, 9.17) is 14.6 Å². The molecule has 0 unspecified atom stereocenters. The second-order valence-corrected chi connectivity index (χ2v) is 8.51. The number of hydrogen-bond donors (Lipinski definition) is 1. The van der Waals surface area contributed by atoms with E-state index in [1.54, 1.807) is 29.4 Å². The van der Waals surface area contributed by atoms with Crippen LogP contribution < -0.4 is 10.1 Å². The van der Waals surface area contributed by atoms with Gasteiger partial charge in [0.25, 0.3) is 0 Å². The minimum Gasteiger partial charge on any atom is -0.494 e. The molecule has 1 N–H and O–H groups in total. The Balaban J connectivity index is 1.70. The highest BCUT2D eigenvalue weighted by molar-refractivity contribution is 5.81. The van der Waals surface area contributed by atoms with Crippen molar-refractivity contribution in [2.75, 3.05) is 19.0 Å². The maximum absolute atomic E-state index is 14.2. The van der Waals surface area contributed by atoms with Crippen molar-refractivity contribution in [2.45, 2.75) is 39.5 Å². The molecule has 1 aliphatic heterocycles. The average molecular weight is 439 g/mol. The Morgan fingerprint density at radius 3 is 2.56 bits per heavy atom. The van der Waals surface area contributed by atoms with Gasteiger partial charge in [-0.05, 0) is 50.6 Å². The van der Waals surface area contributed by atoms with Crippen LogP contribution in [-0.2, 0) is 17.8 Å². The number of rotatable bonds is 4. The van der Waals surface area contributed by atoms with E-state index in [1.165, 1.54) is 13.2 Å². The summed E-state index contributed by atoms with van der Waals surface area (Å²) in [5.74, 6) is 0.270. The Labute approximate surface area is 186 Å². The monoisotopic (exact) mass is 439 g/mol. The molecule has 8 nitrogen and oxygen atoms in total. The fourth-order valence-corrected chi connectivity index (χ4v) is 3.59. The number of benzene rings is 1. The second kappa shape index (κ2) is 8.49. The number of hydrogen-bond acceptors (Lipinski definition) is 6. The highest BCUT2D eigenvalue weighted by Gasteiger charge is 2.30. The van der Waals surface area contributed by atoms with Gasteiger partial charge in [0.15, 0.2) is 17.4 Å². The van der Waals surface area contributed by atoms with Crippen molar-refractivity contribution in [3.05, 3.63) is 54.2 Å². The normalized spacial score (nSPS) is 13.5. The molecule has 1 amide bonds. The summed E-state index contributed by atoms with van der Waals surface area (Å²) < 4.78 is 26.6. The number of fused-ring (bicyclic) bond motifs is 1. The first-order chi connectivity index (χ1) is 15.2. The van der Waals surface area contributed by atoms with Crippen LogP contribution in [0.5, 0.6) is 5.75 Å². The van der Waals surface area contributed by atoms with Crippen LogP contribution in [0.4, 0.5) is 20.7 Å². The summed E-state index contributed by atoms with van der Waals surface area (Å²) in [5, 5.41) is 7.94. The first-order valence-electron chi connectivity index (χ1n) is 10.3. The van der Waals surface area contributed by atoms with Gasteiger partial charge in [0.05, 0.1) is 25.9 Å². The van der Waals surface area contributed by atoms with Crippen LogP contribution in [0, 0.1) is 5.82 Å². The van der Waals surface area contributed by atoms with Crippen LogP contribution in [0.15, 0.2) is 42.7 Å². The van der Waals surface area contributed by atoms with Crippen LogP contribution in [0.3, 0.4) is 0 Å². The summed E-state index contributed by atoms with van der Waals surface area (Å²) in [6.07, 6.45) is 3.03. The largest absolute Gasteiger partial charge is 0.494 e. The van der Waals surface area contributed by atoms with Crippen LogP contribution in [0.25, 0.3) is 11.1 Å².